The Morgan fingerprint density at radius 1 is 1.17 bits per heavy atom. The molecule has 3 N–H and O–H groups in total. The van der Waals surface area contributed by atoms with Crippen LogP contribution in [0, 0.1) is 5.41 Å². The van der Waals surface area contributed by atoms with Gasteiger partial charge >= 0.3 is 0 Å². The van der Waals surface area contributed by atoms with Crippen LogP contribution in [0.1, 0.15) is 71.1 Å². The van der Waals surface area contributed by atoms with E-state index in [0.717, 1.165) is 32.0 Å². The van der Waals surface area contributed by atoms with Gasteiger partial charge in [0.1, 0.15) is 0 Å². The van der Waals surface area contributed by atoms with Gasteiger partial charge in [0, 0.05) is 25.6 Å². The number of hydrogen-bond donors (Lipinski definition) is 2. The Bertz CT molecular complexity index is 349. The van der Waals surface area contributed by atoms with Crippen molar-refractivity contribution in [1.82, 2.24) is 10.2 Å². The van der Waals surface area contributed by atoms with E-state index < -0.39 is 0 Å². The summed E-state index contributed by atoms with van der Waals surface area (Å²) in [5.41, 5.74) is 6.06. The highest BCUT2D eigenvalue weighted by Gasteiger charge is 2.32. The average molecular weight is 382 g/mol. The standard InChI is InChI=1S/C18H35N3O.2ClH/c1-2-16-8-4-7-12-21(16)13-11-20-17(22)14-18(15-19)9-5-3-6-10-18;;/h16H,2-15,19H2,1H3,(H,20,22);2*1H. The van der Waals surface area contributed by atoms with E-state index in [2.05, 4.69) is 17.1 Å². The third-order valence-electron chi connectivity index (χ3n) is 5.82. The minimum atomic E-state index is 0. The monoisotopic (exact) mass is 381 g/mol. The number of hydrogen-bond acceptors (Lipinski definition) is 3. The predicted octanol–water partition coefficient (Wildman–Crippen LogP) is 3.51. The molecule has 6 heteroatoms. The number of carbonyl (C=O) groups is 1. The number of carbonyl (C=O) groups excluding carboxylic acids is 1. The lowest BCUT2D eigenvalue weighted by Gasteiger charge is -2.36. The van der Waals surface area contributed by atoms with Crippen molar-refractivity contribution in [1.29, 1.82) is 0 Å². The Hall–Kier alpha value is -0.0300. The molecule has 1 amide bonds. The van der Waals surface area contributed by atoms with Crippen LogP contribution >= 0.6 is 24.8 Å². The third kappa shape index (κ3) is 7.07. The summed E-state index contributed by atoms with van der Waals surface area (Å²) in [7, 11) is 0. The van der Waals surface area contributed by atoms with Gasteiger partial charge in [-0.3, -0.25) is 9.69 Å². The molecule has 1 aliphatic heterocycles. The van der Waals surface area contributed by atoms with Gasteiger partial charge in [0.05, 0.1) is 0 Å². The molecular formula is C18H37Cl2N3O. The number of rotatable bonds is 7. The SMILES string of the molecule is CCC1CCCCN1CCNC(=O)CC1(CN)CCCCC1.Cl.Cl. The van der Waals surface area contributed by atoms with E-state index in [-0.39, 0.29) is 36.1 Å². The van der Waals surface area contributed by atoms with Crippen LogP contribution in [0.5, 0.6) is 0 Å². The van der Waals surface area contributed by atoms with Gasteiger partial charge < -0.3 is 11.1 Å². The van der Waals surface area contributed by atoms with Gasteiger partial charge in [0.15, 0.2) is 0 Å². The van der Waals surface area contributed by atoms with E-state index in [1.54, 1.807) is 0 Å². The molecule has 0 spiro atoms. The molecule has 0 aromatic rings. The van der Waals surface area contributed by atoms with E-state index in [4.69, 9.17) is 5.73 Å². The van der Waals surface area contributed by atoms with E-state index in [9.17, 15) is 4.79 Å². The van der Waals surface area contributed by atoms with E-state index in [0.29, 0.717) is 13.0 Å². The first-order valence-electron chi connectivity index (χ1n) is 9.40. The second-order valence-electron chi connectivity index (χ2n) is 7.39. The van der Waals surface area contributed by atoms with Crippen LogP contribution < -0.4 is 11.1 Å². The van der Waals surface area contributed by atoms with Crippen molar-refractivity contribution < 1.29 is 4.79 Å². The first kappa shape index (κ1) is 24.0. The summed E-state index contributed by atoms with van der Waals surface area (Å²) in [6, 6.07) is 0.722. The van der Waals surface area contributed by atoms with Crippen LogP contribution in [0.15, 0.2) is 0 Å². The second-order valence-corrected chi connectivity index (χ2v) is 7.39. The number of piperidine rings is 1. The summed E-state index contributed by atoms with van der Waals surface area (Å²) in [5.74, 6) is 0.206. The molecule has 4 nitrogen and oxygen atoms in total. The number of nitrogens with two attached hydrogens (primary N) is 1. The highest BCUT2D eigenvalue weighted by atomic mass is 35.5. The largest absolute Gasteiger partial charge is 0.355 e. The Balaban J connectivity index is 0.00000264. The molecule has 0 bridgehead atoms. The van der Waals surface area contributed by atoms with Crippen LogP contribution in [0.3, 0.4) is 0 Å². The third-order valence-corrected chi connectivity index (χ3v) is 5.82. The van der Waals surface area contributed by atoms with Crippen LogP contribution in [-0.2, 0) is 4.79 Å². The molecule has 2 aliphatic rings. The summed E-state index contributed by atoms with van der Waals surface area (Å²) in [6.07, 6.45) is 11.9. The van der Waals surface area contributed by atoms with Gasteiger partial charge in [-0.2, -0.15) is 0 Å². The fourth-order valence-corrected chi connectivity index (χ4v) is 4.31. The Morgan fingerprint density at radius 3 is 2.50 bits per heavy atom. The van der Waals surface area contributed by atoms with Crippen molar-refractivity contribution in [3.8, 4) is 0 Å². The molecule has 0 radical (unpaired) electrons. The van der Waals surface area contributed by atoms with Crippen molar-refractivity contribution in [2.75, 3.05) is 26.2 Å². The van der Waals surface area contributed by atoms with Crippen LogP contribution in [0.25, 0.3) is 0 Å². The highest BCUT2D eigenvalue weighted by molar-refractivity contribution is 5.85. The fraction of sp³-hybridized carbons (Fsp3) is 0.944. The van der Waals surface area contributed by atoms with Gasteiger partial charge in [-0.25, -0.2) is 0 Å². The maximum absolute atomic E-state index is 12.3. The molecule has 1 aliphatic carbocycles. The van der Waals surface area contributed by atoms with Crippen molar-refractivity contribution >= 4 is 30.7 Å². The second kappa shape index (κ2) is 12.3. The van der Waals surface area contributed by atoms with Crippen molar-refractivity contribution in [2.45, 2.75) is 77.2 Å². The highest BCUT2D eigenvalue weighted by Crippen LogP contribution is 2.38. The molecular weight excluding hydrogens is 345 g/mol. The maximum atomic E-state index is 12.3. The molecule has 1 saturated heterocycles. The lowest BCUT2D eigenvalue weighted by molar-refractivity contribution is -0.124. The number of nitrogens with zero attached hydrogens (tertiary/aromatic N) is 1. The molecule has 2 rings (SSSR count). The number of nitrogens with one attached hydrogen (secondary N) is 1. The molecule has 2 fully saturated rings. The molecule has 1 atom stereocenters. The maximum Gasteiger partial charge on any atom is 0.220 e. The molecule has 0 aromatic heterocycles. The van der Waals surface area contributed by atoms with E-state index >= 15 is 0 Å². The summed E-state index contributed by atoms with van der Waals surface area (Å²) in [6.45, 7) is 5.91. The minimum Gasteiger partial charge on any atom is -0.355 e. The van der Waals surface area contributed by atoms with Crippen LogP contribution in [0.4, 0.5) is 0 Å². The zero-order valence-electron chi connectivity index (χ0n) is 15.2. The van der Waals surface area contributed by atoms with E-state index in [1.807, 2.05) is 0 Å². The predicted molar refractivity (Wildman–Crippen MR) is 106 cm³/mol. The van der Waals surface area contributed by atoms with Gasteiger partial charge in [-0.1, -0.05) is 32.6 Å². The fourth-order valence-electron chi connectivity index (χ4n) is 4.31. The molecule has 24 heavy (non-hydrogen) atoms. The van der Waals surface area contributed by atoms with Crippen molar-refractivity contribution in [3.63, 3.8) is 0 Å². The zero-order valence-corrected chi connectivity index (χ0v) is 16.9. The van der Waals surface area contributed by atoms with Crippen molar-refractivity contribution in [3.05, 3.63) is 0 Å². The molecule has 1 unspecified atom stereocenters. The zero-order chi connectivity index (χ0) is 15.8. The van der Waals surface area contributed by atoms with Gasteiger partial charge in [0.2, 0.25) is 5.91 Å². The lowest BCUT2D eigenvalue weighted by Crippen LogP contribution is -2.44. The first-order valence-corrected chi connectivity index (χ1v) is 9.40. The number of likely N-dealkylation sites (tertiary alicyclic amines) is 1. The van der Waals surface area contributed by atoms with Crippen LogP contribution in [-0.4, -0.2) is 43.0 Å². The van der Waals surface area contributed by atoms with Crippen molar-refractivity contribution in [2.24, 2.45) is 11.1 Å². The van der Waals surface area contributed by atoms with Gasteiger partial charge in [-0.15, -0.1) is 24.8 Å². The number of amides is 1. The summed E-state index contributed by atoms with van der Waals surface area (Å²) >= 11 is 0. The Labute approximate surface area is 160 Å². The normalized spacial score (nSPS) is 23.7. The van der Waals surface area contributed by atoms with Crippen LogP contribution in [0.2, 0.25) is 0 Å². The Kier molecular flexibility index (Phi) is 12.3. The first-order chi connectivity index (χ1) is 10.7. The molecule has 1 saturated carbocycles. The smallest absolute Gasteiger partial charge is 0.220 e. The quantitative estimate of drug-likeness (QED) is 0.709. The van der Waals surface area contributed by atoms with E-state index in [1.165, 1.54) is 51.5 Å². The summed E-state index contributed by atoms with van der Waals surface area (Å²) in [4.78, 5) is 14.8. The van der Waals surface area contributed by atoms with Gasteiger partial charge in [-0.05, 0) is 50.6 Å². The lowest BCUT2D eigenvalue weighted by atomic mass is 9.71. The number of halogens is 2. The summed E-state index contributed by atoms with van der Waals surface area (Å²) < 4.78 is 0. The Morgan fingerprint density at radius 2 is 1.88 bits per heavy atom. The summed E-state index contributed by atoms with van der Waals surface area (Å²) in [5, 5.41) is 3.14. The van der Waals surface area contributed by atoms with Gasteiger partial charge in [0.25, 0.3) is 0 Å². The minimum absolute atomic E-state index is 0. The molecule has 1 heterocycles. The molecule has 144 valence electrons. The molecule has 0 aromatic carbocycles. The average Bonchev–Trinajstić information content (AvgIpc) is 2.56. The topological polar surface area (TPSA) is 58.4 Å².